The Morgan fingerprint density at radius 3 is 2.40 bits per heavy atom. The van der Waals surface area contributed by atoms with Gasteiger partial charge in [0.25, 0.3) is 0 Å². The first-order valence-electron chi connectivity index (χ1n) is 9.43. The molecule has 4 rings (SSSR count). The molecule has 0 atom stereocenters. The molecular formula is C22H18F3N3O2. The van der Waals surface area contributed by atoms with E-state index in [1.165, 1.54) is 18.3 Å². The van der Waals surface area contributed by atoms with E-state index in [-0.39, 0.29) is 17.5 Å². The van der Waals surface area contributed by atoms with E-state index in [0.717, 1.165) is 30.9 Å². The molecule has 1 saturated heterocycles. The molecule has 3 aromatic rings. The summed E-state index contributed by atoms with van der Waals surface area (Å²) in [5, 5.41) is 9.74. The molecule has 0 aliphatic carbocycles. The number of halogens is 3. The molecule has 0 N–H and O–H groups in total. The van der Waals surface area contributed by atoms with Gasteiger partial charge in [0.2, 0.25) is 5.43 Å². The Balaban J connectivity index is 1.77. The number of rotatable bonds is 3. The van der Waals surface area contributed by atoms with Crippen LogP contribution in [-0.4, -0.2) is 30.9 Å². The molecule has 1 aromatic heterocycles. The number of anilines is 1. The molecule has 5 nitrogen and oxygen atoms in total. The van der Waals surface area contributed by atoms with E-state index in [2.05, 4.69) is 4.90 Å². The second kappa shape index (κ2) is 7.84. The second-order valence-electron chi connectivity index (χ2n) is 7.11. The number of pyridine rings is 1. The molecule has 1 fully saturated rings. The fourth-order valence-corrected chi connectivity index (χ4v) is 3.60. The molecule has 154 valence electrons. The molecule has 0 radical (unpaired) electrons. The molecule has 30 heavy (non-hydrogen) atoms. The van der Waals surface area contributed by atoms with Gasteiger partial charge in [-0.1, -0.05) is 12.1 Å². The lowest BCUT2D eigenvalue weighted by Gasteiger charge is -2.29. The fourth-order valence-electron chi connectivity index (χ4n) is 3.60. The van der Waals surface area contributed by atoms with Crippen molar-refractivity contribution < 1.29 is 17.9 Å². The molecule has 8 heteroatoms. The lowest BCUT2D eigenvalue weighted by atomic mass is 10.1. The van der Waals surface area contributed by atoms with Crippen molar-refractivity contribution in [3.63, 3.8) is 0 Å². The summed E-state index contributed by atoms with van der Waals surface area (Å²) in [6, 6.07) is 12.2. The Morgan fingerprint density at radius 2 is 1.77 bits per heavy atom. The number of nitriles is 1. The van der Waals surface area contributed by atoms with Crippen LogP contribution in [-0.2, 0) is 17.5 Å². The second-order valence-corrected chi connectivity index (χ2v) is 7.11. The SMILES string of the molecule is N#Cc1cn(Cc2ccc(C(F)(F)F)cc2)c2cc(N3CCOCC3)ccc2c1=O. The van der Waals surface area contributed by atoms with Crippen molar-refractivity contribution in [1.29, 1.82) is 5.26 Å². The minimum absolute atomic E-state index is 0.00599. The van der Waals surface area contributed by atoms with Gasteiger partial charge >= 0.3 is 6.18 Å². The van der Waals surface area contributed by atoms with Gasteiger partial charge in [0.1, 0.15) is 11.6 Å². The fraction of sp³-hybridized carbons (Fsp3) is 0.273. The number of morpholine rings is 1. The van der Waals surface area contributed by atoms with E-state index in [9.17, 15) is 23.2 Å². The zero-order chi connectivity index (χ0) is 21.3. The molecule has 1 aliphatic heterocycles. The molecule has 1 aliphatic rings. The van der Waals surface area contributed by atoms with Gasteiger partial charge in [-0.25, -0.2) is 0 Å². The number of ether oxygens (including phenoxy) is 1. The van der Waals surface area contributed by atoms with Crippen LogP contribution < -0.4 is 10.3 Å². The Kier molecular flexibility index (Phi) is 5.22. The average molecular weight is 413 g/mol. The summed E-state index contributed by atoms with van der Waals surface area (Å²) < 4.78 is 45.6. The maximum Gasteiger partial charge on any atom is 0.416 e. The van der Waals surface area contributed by atoms with Crippen molar-refractivity contribution >= 4 is 16.6 Å². The lowest BCUT2D eigenvalue weighted by Crippen LogP contribution is -2.36. The van der Waals surface area contributed by atoms with Crippen LogP contribution in [0.5, 0.6) is 0 Å². The van der Waals surface area contributed by atoms with Gasteiger partial charge in [-0.15, -0.1) is 0 Å². The summed E-state index contributed by atoms with van der Waals surface area (Å²) in [6.07, 6.45) is -2.94. The summed E-state index contributed by atoms with van der Waals surface area (Å²) in [7, 11) is 0. The standard InChI is InChI=1S/C22H18F3N3O2/c23-22(24,25)17-3-1-15(2-4-17)13-28-14-16(12-26)21(29)19-6-5-18(11-20(19)28)27-7-9-30-10-8-27/h1-6,11,14H,7-10,13H2. The number of hydrogen-bond donors (Lipinski definition) is 0. The van der Waals surface area contributed by atoms with Crippen molar-refractivity contribution in [2.24, 2.45) is 0 Å². The maximum atomic E-state index is 12.8. The Morgan fingerprint density at radius 1 is 1.07 bits per heavy atom. The largest absolute Gasteiger partial charge is 0.416 e. The number of fused-ring (bicyclic) bond motifs is 1. The first kappa shape index (κ1) is 20.0. The predicted molar refractivity (Wildman–Crippen MR) is 107 cm³/mol. The van der Waals surface area contributed by atoms with Crippen molar-refractivity contribution in [3.05, 3.63) is 75.6 Å². The third kappa shape index (κ3) is 3.89. The third-order valence-corrected chi connectivity index (χ3v) is 5.20. The maximum absolute atomic E-state index is 12.8. The highest BCUT2D eigenvalue weighted by molar-refractivity contribution is 5.84. The first-order valence-corrected chi connectivity index (χ1v) is 9.43. The van der Waals surface area contributed by atoms with Crippen LogP contribution in [0.25, 0.3) is 10.9 Å². The Bertz CT molecular complexity index is 1170. The van der Waals surface area contributed by atoms with Crippen LogP contribution in [0.2, 0.25) is 0 Å². The Labute approximate surface area is 170 Å². The van der Waals surface area contributed by atoms with Crippen molar-refractivity contribution in [2.75, 3.05) is 31.2 Å². The Hall–Kier alpha value is -3.31. The summed E-state index contributed by atoms with van der Waals surface area (Å²) in [4.78, 5) is 14.8. The van der Waals surface area contributed by atoms with E-state index < -0.39 is 11.7 Å². The summed E-state index contributed by atoms with van der Waals surface area (Å²) in [5.74, 6) is 0. The van der Waals surface area contributed by atoms with Gasteiger partial charge < -0.3 is 14.2 Å². The molecule has 0 bridgehead atoms. The molecular weight excluding hydrogens is 395 g/mol. The molecule has 0 saturated carbocycles. The summed E-state index contributed by atoms with van der Waals surface area (Å²) in [6.45, 7) is 2.92. The number of aromatic nitrogens is 1. The van der Waals surface area contributed by atoms with Gasteiger partial charge in [-0.3, -0.25) is 4.79 Å². The number of benzene rings is 2. The van der Waals surface area contributed by atoms with Crippen molar-refractivity contribution in [1.82, 2.24) is 4.57 Å². The molecule has 0 unspecified atom stereocenters. The van der Waals surface area contributed by atoms with Gasteiger partial charge in [0.15, 0.2) is 0 Å². The molecule has 0 spiro atoms. The van der Waals surface area contributed by atoms with Gasteiger partial charge in [0, 0.05) is 36.9 Å². The highest BCUT2D eigenvalue weighted by Crippen LogP contribution is 2.29. The monoisotopic (exact) mass is 413 g/mol. The van der Waals surface area contributed by atoms with Crippen molar-refractivity contribution in [3.8, 4) is 6.07 Å². The highest BCUT2D eigenvalue weighted by atomic mass is 19.4. The topological polar surface area (TPSA) is 58.3 Å². The van der Waals surface area contributed by atoms with E-state index >= 15 is 0 Å². The quantitative estimate of drug-likeness (QED) is 0.656. The molecule has 2 aromatic carbocycles. The smallest absolute Gasteiger partial charge is 0.378 e. The number of hydrogen-bond acceptors (Lipinski definition) is 4. The predicted octanol–water partition coefficient (Wildman–Crippen LogP) is 3.78. The van der Waals surface area contributed by atoms with Crippen LogP contribution in [0.3, 0.4) is 0 Å². The zero-order valence-corrected chi connectivity index (χ0v) is 15.9. The lowest BCUT2D eigenvalue weighted by molar-refractivity contribution is -0.137. The van der Waals surface area contributed by atoms with Gasteiger partial charge in [-0.05, 0) is 35.9 Å². The molecule has 2 heterocycles. The normalized spacial score (nSPS) is 14.7. The van der Waals surface area contributed by atoms with Crippen LogP contribution in [0, 0.1) is 11.3 Å². The number of alkyl halides is 3. The van der Waals surface area contributed by atoms with Crippen LogP contribution in [0.15, 0.2) is 53.5 Å². The van der Waals surface area contributed by atoms with Crippen molar-refractivity contribution in [2.45, 2.75) is 12.7 Å². The first-order chi connectivity index (χ1) is 14.4. The van der Waals surface area contributed by atoms with E-state index in [1.807, 2.05) is 18.2 Å². The van der Waals surface area contributed by atoms with Crippen LogP contribution in [0.1, 0.15) is 16.7 Å². The summed E-state index contributed by atoms with van der Waals surface area (Å²) >= 11 is 0. The summed E-state index contributed by atoms with van der Waals surface area (Å²) in [5.41, 5.74) is 1.11. The zero-order valence-electron chi connectivity index (χ0n) is 15.9. The van der Waals surface area contributed by atoms with Crippen LogP contribution in [0.4, 0.5) is 18.9 Å². The minimum Gasteiger partial charge on any atom is -0.378 e. The van der Waals surface area contributed by atoms with E-state index in [1.54, 1.807) is 10.6 Å². The minimum atomic E-state index is -4.40. The average Bonchev–Trinajstić information content (AvgIpc) is 2.75. The van der Waals surface area contributed by atoms with E-state index in [0.29, 0.717) is 29.7 Å². The van der Waals surface area contributed by atoms with Gasteiger partial charge in [-0.2, -0.15) is 18.4 Å². The highest BCUT2D eigenvalue weighted by Gasteiger charge is 2.29. The van der Waals surface area contributed by atoms with Crippen LogP contribution >= 0.6 is 0 Å². The van der Waals surface area contributed by atoms with E-state index in [4.69, 9.17) is 4.74 Å². The third-order valence-electron chi connectivity index (χ3n) is 5.20. The number of nitrogens with zero attached hydrogens (tertiary/aromatic N) is 3. The van der Waals surface area contributed by atoms with Gasteiger partial charge in [0.05, 0.1) is 24.3 Å². The molecule has 0 amide bonds.